The molecule has 2 amide bonds. The molecule has 2 N–H and O–H groups in total. The fourth-order valence-electron chi connectivity index (χ4n) is 2.85. The first kappa shape index (κ1) is 18.9. The van der Waals surface area contributed by atoms with Gasteiger partial charge in [0.1, 0.15) is 0 Å². The summed E-state index contributed by atoms with van der Waals surface area (Å²) in [5.74, 6) is -0.353. The zero-order chi connectivity index (χ0) is 19.1. The minimum atomic E-state index is -0.217. The van der Waals surface area contributed by atoms with Gasteiger partial charge in [-0.05, 0) is 55.7 Å². The number of hydrogen-bond donors (Lipinski definition) is 2. The number of rotatable bonds is 6. The first-order chi connectivity index (χ1) is 13.1. The average molecular weight is 364 g/mol. The molecule has 0 radical (unpaired) electrons. The number of nitrogens with one attached hydrogen (secondary N) is 2. The molecule has 1 fully saturated rings. The molecule has 0 saturated carbocycles. The number of anilines is 1. The van der Waals surface area contributed by atoms with Crippen molar-refractivity contribution in [3.8, 4) is 0 Å². The van der Waals surface area contributed by atoms with E-state index in [2.05, 4.69) is 10.6 Å². The molecule has 0 bridgehead atoms. The second-order valence-corrected chi connectivity index (χ2v) is 6.66. The zero-order valence-electron chi connectivity index (χ0n) is 15.4. The van der Waals surface area contributed by atoms with Gasteiger partial charge in [0.2, 0.25) is 5.91 Å². The monoisotopic (exact) mass is 364 g/mol. The van der Waals surface area contributed by atoms with Crippen molar-refractivity contribution in [2.24, 2.45) is 0 Å². The quantitative estimate of drug-likeness (QED) is 0.770. The second kappa shape index (κ2) is 9.14. The van der Waals surface area contributed by atoms with Crippen LogP contribution in [0.1, 0.15) is 34.3 Å². The third-order valence-electron chi connectivity index (χ3n) is 4.43. The molecule has 0 aromatic heterocycles. The number of aryl methyl sites for hydroxylation is 1. The van der Waals surface area contributed by atoms with Gasteiger partial charge in [0.15, 0.2) is 0 Å². The van der Waals surface area contributed by atoms with Gasteiger partial charge >= 0.3 is 0 Å². The second-order valence-electron chi connectivity index (χ2n) is 6.66. The van der Waals surface area contributed by atoms with Crippen LogP contribution in [0.4, 0.5) is 5.69 Å². The highest BCUT2D eigenvalue weighted by atomic mass is 16.5. The van der Waals surface area contributed by atoms with Crippen molar-refractivity contribution < 1.29 is 14.3 Å². The zero-order valence-corrected chi connectivity index (χ0v) is 15.4. The summed E-state index contributed by atoms with van der Waals surface area (Å²) in [6, 6.07) is 14.8. The molecule has 2 aromatic rings. The minimum Gasteiger partial charge on any atom is -0.376 e. The highest BCUT2D eigenvalue weighted by molar-refractivity contribution is 6.02. The van der Waals surface area contributed by atoms with E-state index < -0.39 is 0 Å². The Morgan fingerprint density at radius 3 is 2.52 bits per heavy atom. The van der Waals surface area contributed by atoms with Gasteiger partial charge < -0.3 is 15.4 Å². The molecular formula is C22H24N2O3. The van der Waals surface area contributed by atoms with Gasteiger partial charge in [-0.2, -0.15) is 0 Å². The summed E-state index contributed by atoms with van der Waals surface area (Å²) < 4.78 is 5.49. The van der Waals surface area contributed by atoms with Gasteiger partial charge in [0.25, 0.3) is 5.91 Å². The Kier molecular flexibility index (Phi) is 6.39. The van der Waals surface area contributed by atoms with E-state index in [-0.39, 0.29) is 17.9 Å². The Morgan fingerprint density at radius 1 is 1.11 bits per heavy atom. The fourth-order valence-corrected chi connectivity index (χ4v) is 2.85. The molecular weight excluding hydrogens is 340 g/mol. The van der Waals surface area contributed by atoms with E-state index >= 15 is 0 Å². The van der Waals surface area contributed by atoms with Crippen molar-refractivity contribution in [2.75, 3.05) is 18.5 Å². The highest BCUT2D eigenvalue weighted by Gasteiger charge is 2.16. The number of amides is 2. The molecule has 0 spiro atoms. The number of carbonyl (C=O) groups is 2. The third-order valence-corrected chi connectivity index (χ3v) is 4.43. The lowest BCUT2D eigenvalue weighted by Gasteiger charge is -2.11. The van der Waals surface area contributed by atoms with Crippen molar-refractivity contribution in [3.63, 3.8) is 0 Å². The van der Waals surface area contributed by atoms with Crippen LogP contribution in [0, 0.1) is 6.92 Å². The highest BCUT2D eigenvalue weighted by Crippen LogP contribution is 2.13. The van der Waals surface area contributed by atoms with Crippen LogP contribution in [-0.4, -0.2) is 31.1 Å². The Morgan fingerprint density at radius 2 is 1.85 bits per heavy atom. The SMILES string of the molecule is Cc1ccc(/C=C/C(=O)Nc2ccc(C(=O)NCC3CCCO3)cc2)cc1. The topological polar surface area (TPSA) is 67.4 Å². The predicted molar refractivity (Wildman–Crippen MR) is 107 cm³/mol. The Bertz CT molecular complexity index is 804. The van der Waals surface area contributed by atoms with Crippen LogP contribution in [0.5, 0.6) is 0 Å². The largest absolute Gasteiger partial charge is 0.376 e. The van der Waals surface area contributed by atoms with Crippen LogP contribution in [0.25, 0.3) is 6.08 Å². The van der Waals surface area contributed by atoms with Crippen LogP contribution in [0.15, 0.2) is 54.6 Å². The molecule has 140 valence electrons. The van der Waals surface area contributed by atoms with Crippen LogP contribution < -0.4 is 10.6 Å². The number of ether oxygens (including phenoxy) is 1. The first-order valence-electron chi connectivity index (χ1n) is 9.16. The summed E-state index contributed by atoms with van der Waals surface area (Å²) in [6.45, 7) is 3.32. The summed E-state index contributed by atoms with van der Waals surface area (Å²) in [5, 5.41) is 5.67. The van der Waals surface area contributed by atoms with Crippen molar-refractivity contribution >= 4 is 23.6 Å². The van der Waals surface area contributed by atoms with Gasteiger partial charge in [-0.3, -0.25) is 9.59 Å². The lowest BCUT2D eigenvalue weighted by molar-refractivity contribution is -0.111. The van der Waals surface area contributed by atoms with E-state index in [0.717, 1.165) is 25.0 Å². The molecule has 1 heterocycles. The minimum absolute atomic E-state index is 0.118. The van der Waals surface area contributed by atoms with E-state index in [1.807, 2.05) is 31.2 Å². The lowest BCUT2D eigenvalue weighted by atomic mass is 10.1. The van der Waals surface area contributed by atoms with Crippen molar-refractivity contribution in [2.45, 2.75) is 25.9 Å². The molecule has 1 aliphatic rings. The maximum Gasteiger partial charge on any atom is 0.251 e. The lowest BCUT2D eigenvalue weighted by Crippen LogP contribution is -2.31. The van der Waals surface area contributed by atoms with Crippen LogP contribution in [0.2, 0.25) is 0 Å². The molecule has 2 aromatic carbocycles. The van der Waals surface area contributed by atoms with E-state index in [0.29, 0.717) is 17.8 Å². The maximum atomic E-state index is 12.2. The van der Waals surface area contributed by atoms with E-state index in [1.54, 1.807) is 30.3 Å². The Labute approximate surface area is 159 Å². The van der Waals surface area contributed by atoms with Crippen molar-refractivity contribution in [1.29, 1.82) is 0 Å². The van der Waals surface area contributed by atoms with Crippen molar-refractivity contribution in [3.05, 3.63) is 71.3 Å². The summed E-state index contributed by atoms with van der Waals surface area (Å²) in [6.07, 6.45) is 5.41. The molecule has 1 aliphatic heterocycles. The first-order valence-corrected chi connectivity index (χ1v) is 9.16. The van der Waals surface area contributed by atoms with Gasteiger partial charge in [-0.1, -0.05) is 29.8 Å². The number of carbonyl (C=O) groups excluding carboxylic acids is 2. The van der Waals surface area contributed by atoms with Gasteiger partial charge in [0.05, 0.1) is 6.10 Å². The Balaban J connectivity index is 1.49. The van der Waals surface area contributed by atoms with Crippen molar-refractivity contribution in [1.82, 2.24) is 5.32 Å². The normalized spacial score (nSPS) is 16.4. The summed E-state index contributed by atoms with van der Waals surface area (Å²) in [7, 11) is 0. The standard InChI is InChI=1S/C22H24N2O3/c1-16-4-6-17(7-5-16)8-13-21(25)24-19-11-9-18(10-12-19)22(26)23-15-20-3-2-14-27-20/h4-13,20H,2-3,14-15H2,1H3,(H,23,26)(H,24,25)/b13-8+. The molecule has 1 atom stereocenters. The predicted octanol–water partition coefficient (Wildman–Crippen LogP) is 3.56. The third kappa shape index (κ3) is 5.79. The molecule has 3 rings (SSSR count). The Hall–Kier alpha value is -2.92. The van der Waals surface area contributed by atoms with Gasteiger partial charge in [-0.15, -0.1) is 0 Å². The van der Waals surface area contributed by atoms with Crippen LogP contribution >= 0.6 is 0 Å². The smallest absolute Gasteiger partial charge is 0.251 e. The van der Waals surface area contributed by atoms with Crippen LogP contribution in [0.3, 0.4) is 0 Å². The van der Waals surface area contributed by atoms with E-state index in [4.69, 9.17) is 4.74 Å². The van der Waals surface area contributed by atoms with Gasteiger partial charge in [0, 0.05) is 30.5 Å². The molecule has 1 unspecified atom stereocenters. The van der Waals surface area contributed by atoms with Crippen LogP contribution in [-0.2, 0) is 9.53 Å². The number of hydrogen-bond acceptors (Lipinski definition) is 3. The van der Waals surface area contributed by atoms with E-state index in [9.17, 15) is 9.59 Å². The summed E-state index contributed by atoms with van der Waals surface area (Å²) in [5.41, 5.74) is 3.34. The molecule has 5 heteroatoms. The molecule has 5 nitrogen and oxygen atoms in total. The van der Waals surface area contributed by atoms with Gasteiger partial charge in [-0.25, -0.2) is 0 Å². The average Bonchev–Trinajstić information content (AvgIpc) is 3.20. The molecule has 1 saturated heterocycles. The fraction of sp³-hybridized carbons (Fsp3) is 0.273. The molecule has 0 aliphatic carbocycles. The van der Waals surface area contributed by atoms with E-state index in [1.165, 1.54) is 11.6 Å². The summed E-state index contributed by atoms with van der Waals surface area (Å²) in [4.78, 5) is 24.2. The maximum absolute atomic E-state index is 12.2. The molecule has 27 heavy (non-hydrogen) atoms. The number of benzene rings is 2. The summed E-state index contributed by atoms with van der Waals surface area (Å²) >= 11 is 0.